The average Bonchev–Trinajstić information content (AvgIpc) is 3.26. The smallest absolute Gasteiger partial charge is 0.253 e. The van der Waals surface area contributed by atoms with E-state index in [-0.39, 0.29) is 17.3 Å². The van der Waals surface area contributed by atoms with Crippen LogP contribution in [0.2, 0.25) is 0 Å². The number of carbonyl (C=O) groups excluding carboxylic acids is 1. The van der Waals surface area contributed by atoms with Crippen molar-refractivity contribution in [3.8, 4) is 11.3 Å². The van der Waals surface area contributed by atoms with Crippen molar-refractivity contribution < 1.29 is 23.1 Å². The molecule has 2 fully saturated rings. The van der Waals surface area contributed by atoms with Crippen molar-refractivity contribution in [3.05, 3.63) is 53.7 Å². The molecule has 9 heteroatoms. The fourth-order valence-electron chi connectivity index (χ4n) is 6.42. The number of fused-ring (bicyclic) bond motifs is 1. The van der Waals surface area contributed by atoms with Crippen LogP contribution < -0.4 is 10.0 Å². The maximum Gasteiger partial charge on any atom is 0.253 e. The molecule has 0 radical (unpaired) electrons. The number of hydrogen-bond acceptors (Lipinski definition) is 5. The van der Waals surface area contributed by atoms with E-state index in [1.165, 1.54) is 19.3 Å². The number of nitrogens with one attached hydrogen (secondary N) is 2. The molecule has 1 saturated carbocycles. The first-order valence-corrected chi connectivity index (χ1v) is 16.7. The second-order valence-corrected chi connectivity index (χ2v) is 14.8. The second-order valence-electron chi connectivity index (χ2n) is 13.2. The van der Waals surface area contributed by atoms with Crippen molar-refractivity contribution in [3.63, 3.8) is 0 Å². The summed E-state index contributed by atoms with van der Waals surface area (Å²) in [6.45, 7) is 9.41. The Labute approximate surface area is 249 Å². The largest absolute Gasteiger partial charge is 0.388 e. The van der Waals surface area contributed by atoms with Gasteiger partial charge >= 0.3 is 0 Å². The minimum absolute atomic E-state index is 0.175. The van der Waals surface area contributed by atoms with Gasteiger partial charge in [0.25, 0.3) is 5.91 Å². The lowest BCUT2D eigenvalue weighted by Crippen LogP contribution is -2.46. The Morgan fingerprint density at radius 1 is 1.05 bits per heavy atom. The van der Waals surface area contributed by atoms with E-state index in [1.807, 2.05) is 64.1 Å². The Morgan fingerprint density at radius 2 is 1.71 bits per heavy atom. The van der Waals surface area contributed by atoms with E-state index in [0.717, 1.165) is 41.7 Å². The second kappa shape index (κ2) is 12.1. The van der Waals surface area contributed by atoms with Gasteiger partial charge in [0.15, 0.2) is 0 Å². The normalized spacial score (nSPS) is 18.3. The molecule has 2 heterocycles. The number of ether oxygens (including phenoxy) is 1. The quantitative estimate of drug-likeness (QED) is 0.317. The van der Waals surface area contributed by atoms with E-state index >= 15 is 0 Å². The summed E-state index contributed by atoms with van der Waals surface area (Å²) in [7, 11) is -3.77. The first-order chi connectivity index (χ1) is 19.9. The lowest BCUT2D eigenvalue weighted by atomic mass is 9.89. The fraction of sp³-hybridized carbons (Fsp3) is 0.545. The van der Waals surface area contributed by atoms with E-state index in [2.05, 4.69) is 14.6 Å². The van der Waals surface area contributed by atoms with Gasteiger partial charge < -0.3 is 19.7 Å². The number of aromatic nitrogens is 1. The molecule has 1 aliphatic heterocycles. The van der Waals surface area contributed by atoms with Crippen molar-refractivity contribution in [1.82, 2.24) is 14.6 Å². The Balaban J connectivity index is 1.57. The van der Waals surface area contributed by atoms with Crippen molar-refractivity contribution in [2.75, 3.05) is 19.8 Å². The fourth-order valence-corrected chi connectivity index (χ4v) is 8.05. The number of hydrogen-bond donors (Lipinski definition) is 3. The molecule has 5 rings (SSSR count). The highest BCUT2D eigenvalue weighted by Crippen LogP contribution is 2.37. The maximum atomic E-state index is 13.6. The summed E-state index contributed by atoms with van der Waals surface area (Å²) < 4.78 is 37.3. The Hall–Kier alpha value is -2.72. The van der Waals surface area contributed by atoms with Crippen LogP contribution in [0.3, 0.4) is 0 Å². The molecule has 0 atom stereocenters. The molecule has 1 amide bonds. The summed E-state index contributed by atoms with van der Waals surface area (Å²) in [4.78, 5) is 13.8. The highest BCUT2D eigenvalue weighted by atomic mass is 32.2. The van der Waals surface area contributed by atoms with Crippen molar-refractivity contribution in [1.29, 1.82) is 0 Å². The number of rotatable bonds is 8. The Kier molecular flexibility index (Phi) is 8.86. The molecule has 1 aromatic heterocycles. The summed E-state index contributed by atoms with van der Waals surface area (Å²) in [6.07, 6.45) is 6.99. The third-order valence-corrected chi connectivity index (χ3v) is 10.5. The summed E-state index contributed by atoms with van der Waals surface area (Å²) >= 11 is 0. The van der Waals surface area contributed by atoms with Crippen molar-refractivity contribution >= 4 is 26.7 Å². The monoisotopic (exact) mass is 595 g/mol. The highest BCUT2D eigenvalue weighted by molar-refractivity contribution is 7.89. The zero-order chi connectivity index (χ0) is 30.1. The summed E-state index contributed by atoms with van der Waals surface area (Å²) in [5.74, 6) is 0.304. The number of amides is 1. The van der Waals surface area contributed by atoms with Gasteiger partial charge in [-0.05, 0) is 64.0 Å². The van der Waals surface area contributed by atoms with Gasteiger partial charge in [0, 0.05) is 67.0 Å². The average molecular weight is 596 g/mol. The molecule has 1 aliphatic carbocycles. The minimum atomic E-state index is -3.77. The van der Waals surface area contributed by atoms with E-state index in [9.17, 15) is 18.3 Å². The Morgan fingerprint density at radius 3 is 2.38 bits per heavy atom. The summed E-state index contributed by atoms with van der Waals surface area (Å²) in [5.41, 5.74) is 1.66. The zero-order valence-corrected chi connectivity index (χ0v) is 26.1. The highest BCUT2D eigenvalue weighted by Gasteiger charge is 2.31. The van der Waals surface area contributed by atoms with Gasteiger partial charge in [0.05, 0.1) is 16.1 Å². The van der Waals surface area contributed by atoms with Crippen LogP contribution in [0.1, 0.15) is 81.8 Å². The van der Waals surface area contributed by atoms with E-state index < -0.39 is 21.2 Å². The van der Waals surface area contributed by atoms with E-state index in [0.29, 0.717) is 42.9 Å². The number of carbonyl (C=O) groups is 1. The van der Waals surface area contributed by atoms with E-state index in [1.54, 1.807) is 6.07 Å². The SMILES string of the molecule is Cc1c(C(=O)NCC2(O)CCOCC2)cc(-c2ccc(S(=O)(=O)NC(C)(C)C)c3ccccc23)n1CC1CCCCC1. The standard InChI is InChI=1S/C33H45N3O5S/c1-23-28(31(37)34-22-33(38)16-18-41-19-17-33)20-29(36(23)21-24-10-6-5-7-11-24)26-14-15-30(27-13-9-8-12-25(26)27)42(39,40)35-32(2,3)4/h8-9,12-15,20,24,35,38H,5-7,10-11,16-19,21-22H2,1-4H3,(H,34,37). The molecular weight excluding hydrogens is 550 g/mol. The lowest BCUT2D eigenvalue weighted by molar-refractivity contribution is -0.0605. The van der Waals surface area contributed by atoms with Gasteiger partial charge in [-0.15, -0.1) is 0 Å². The molecule has 2 aromatic carbocycles. The lowest BCUT2D eigenvalue weighted by Gasteiger charge is -2.32. The van der Waals surface area contributed by atoms with Crippen LogP contribution >= 0.6 is 0 Å². The molecular formula is C33H45N3O5S. The third-order valence-electron chi connectivity index (χ3n) is 8.67. The predicted octanol–water partition coefficient (Wildman–Crippen LogP) is 5.55. The first kappa shape index (κ1) is 30.7. The first-order valence-electron chi connectivity index (χ1n) is 15.2. The van der Waals surface area contributed by atoms with Gasteiger partial charge in [0.1, 0.15) is 0 Å². The topological polar surface area (TPSA) is 110 Å². The molecule has 2 aliphatic rings. The van der Waals surface area contributed by atoms with Crippen LogP contribution in [0.25, 0.3) is 22.0 Å². The predicted molar refractivity (Wildman–Crippen MR) is 166 cm³/mol. The number of aliphatic hydroxyl groups is 1. The van der Waals surface area contributed by atoms with Gasteiger partial charge in [-0.25, -0.2) is 13.1 Å². The van der Waals surface area contributed by atoms with Crippen molar-refractivity contribution in [2.24, 2.45) is 5.92 Å². The van der Waals surface area contributed by atoms with Gasteiger partial charge in [-0.3, -0.25) is 4.79 Å². The van der Waals surface area contributed by atoms with Gasteiger partial charge in [-0.1, -0.05) is 49.6 Å². The van der Waals surface area contributed by atoms with Gasteiger partial charge in [0.2, 0.25) is 10.0 Å². The summed E-state index contributed by atoms with van der Waals surface area (Å²) in [6, 6.07) is 13.1. The van der Waals surface area contributed by atoms with Gasteiger partial charge in [-0.2, -0.15) is 0 Å². The Bertz CT molecular complexity index is 1540. The van der Waals surface area contributed by atoms with Crippen LogP contribution in [0, 0.1) is 12.8 Å². The molecule has 228 valence electrons. The molecule has 3 N–H and O–H groups in total. The molecule has 0 bridgehead atoms. The number of sulfonamides is 1. The molecule has 3 aromatic rings. The van der Waals surface area contributed by atoms with Crippen LogP contribution in [-0.4, -0.2) is 54.9 Å². The molecule has 0 spiro atoms. The molecule has 1 saturated heterocycles. The van der Waals surface area contributed by atoms with Crippen LogP contribution in [0.15, 0.2) is 47.4 Å². The third kappa shape index (κ3) is 6.75. The zero-order valence-electron chi connectivity index (χ0n) is 25.3. The molecule has 42 heavy (non-hydrogen) atoms. The summed E-state index contributed by atoms with van der Waals surface area (Å²) in [5, 5.41) is 15.4. The maximum absolute atomic E-state index is 13.6. The van der Waals surface area contributed by atoms with Crippen LogP contribution in [0.4, 0.5) is 0 Å². The van der Waals surface area contributed by atoms with Crippen LogP contribution in [0.5, 0.6) is 0 Å². The van der Waals surface area contributed by atoms with E-state index in [4.69, 9.17) is 4.74 Å². The molecule has 0 unspecified atom stereocenters. The number of benzene rings is 2. The van der Waals surface area contributed by atoms with Crippen LogP contribution in [-0.2, 0) is 21.3 Å². The van der Waals surface area contributed by atoms with Crippen molar-refractivity contribution in [2.45, 2.75) is 95.2 Å². The minimum Gasteiger partial charge on any atom is -0.388 e. The molecule has 8 nitrogen and oxygen atoms in total. The number of nitrogens with zero attached hydrogens (tertiary/aromatic N) is 1.